The highest BCUT2D eigenvalue weighted by Gasteiger charge is 2.52. The van der Waals surface area contributed by atoms with Crippen molar-refractivity contribution in [3.05, 3.63) is 114 Å². The smallest absolute Gasteiger partial charge is 0.266 e. The number of carbonyl (C=O) groups is 1. The van der Waals surface area contributed by atoms with Crippen LogP contribution in [-0.2, 0) is 22.4 Å². The molecule has 1 amide bonds. The van der Waals surface area contributed by atoms with E-state index in [1.165, 1.54) is 11.1 Å². The minimum atomic E-state index is -1.23. The van der Waals surface area contributed by atoms with Gasteiger partial charge < -0.3 is 14.6 Å². The molecule has 1 aliphatic carbocycles. The molecule has 38 heavy (non-hydrogen) atoms. The molecule has 5 rings (SSSR count). The van der Waals surface area contributed by atoms with Crippen molar-refractivity contribution in [1.29, 1.82) is 0 Å². The van der Waals surface area contributed by atoms with Gasteiger partial charge in [-0.3, -0.25) is 10.2 Å². The number of fused-ring (bicyclic) bond motifs is 1. The van der Waals surface area contributed by atoms with Crippen molar-refractivity contribution in [1.82, 2.24) is 10.9 Å². The molecule has 3 N–H and O–H groups in total. The Kier molecular flexibility index (Phi) is 7.86. The Labute approximate surface area is 223 Å². The predicted molar refractivity (Wildman–Crippen MR) is 147 cm³/mol. The third-order valence-corrected chi connectivity index (χ3v) is 7.03. The monoisotopic (exact) mass is 511 g/mol. The second-order valence-electron chi connectivity index (χ2n) is 9.66. The van der Waals surface area contributed by atoms with Crippen molar-refractivity contribution in [3.8, 4) is 5.75 Å². The van der Waals surface area contributed by atoms with Crippen LogP contribution in [0.4, 0.5) is 0 Å². The molecule has 0 unspecified atom stereocenters. The van der Waals surface area contributed by atoms with E-state index >= 15 is 0 Å². The zero-order valence-electron chi connectivity index (χ0n) is 21.3. The van der Waals surface area contributed by atoms with Crippen molar-refractivity contribution in [2.75, 3.05) is 13.2 Å². The first kappa shape index (κ1) is 25.7. The van der Waals surface area contributed by atoms with E-state index in [0.29, 0.717) is 31.1 Å². The van der Waals surface area contributed by atoms with Gasteiger partial charge in [0.15, 0.2) is 11.6 Å². The number of amides is 1. The van der Waals surface area contributed by atoms with Gasteiger partial charge in [0, 0.05) is 31.1 Å². The van der Waals surface area contributed by atoms with Gasteiger partial charge in [0.1, 0.15) is 5.75 Å². The van der Waals surface area contributed by atoms with Gasteiger partial charge in [-0.05, 0) is 53.8 Å². The highest BCUT2D eigenvalue weighted by molar-refractivity contribution is 6.01. The van der Waals surface area contributed by atoms with E-state index in [9.17, 15) is 4.79 Å². The molecule has 3 aromatic carbocycles. The highest BCUT2D eigenvalue weighted by atomic mass is 16.5. The first-order chi connectivity index (χ1) is 18.6. The lowest BCUT2D eigenvalue weighted by Crippen LogP contribution is -2.55. The molecule has 2 aliphatic rings. The summed E-state index contributed by atoms with van der Waals surface area (Å²) in [7, 11) is 0. The van der Waals surface area contributed by atoms with Gasteiger partial charge in [0.25, 0.3) is 5.91 Å². The molecular weight excluding hydrogens is 478 g/mol. The number of hydrazine groups is 1. The van der Waals surface area contributed by atoms with Crippen LogP contribution >= 0.6 is 0 Å². The summed E-state index contributed by atoms with van der Waals surface area (Å²) in [5, 5.41) is 8.97. The van der Waals surface area contributed by atoms with E-state index in [4.69, 9.17) is 19.6 Å². The number of aliphatic hydroxyl groups excluding tert-OH is 1. The third-order valence-electron chi connectivity index (χ3n) is 7.03. The Hall–Kier alpha value is -3.94. The van der Waals surface area contributed by atoms with E-state index in [1.807, 2.05) is 66.7 Å². The number of rotatable bonds is 11. The molecule has 3 aromatic rings. The normalized spacial score (nSPS) is 20.3. The summed E-state index contributed by atoms with van der Waals surface area (Å²) in [5.74, 6) is 0.824. The largest absolute Gasteiger partial charge is 0.494 e. The van der Waals surface area contributed by atoms with Crippen LogP contribution in [0.3, 0.4) is 0 Å². The summed E-state index contributed by atoms with van der Waals surface area (Å²) in [6, 6.07) is 25.6. The lowest BCUT2D eigenvalue weighted by molar-refractivity contribution is -0.130. The Morgan fingerprint density at radius 2 is 1.74 bits per heavy atom. The van der Waals surface area contributed by atoms with Crippen LogP contribution in [0, 0.1) is 0 Å². The Balaban J connectivity index is 1.39. The van der Waals surface area contributed by atoms with Crippen LogP contribution in [-0.4, -0.2) is 41.7 Å². The van der Waals surface area contributed by atoms with Gasteiger partial charge in [-0.15, -0.1) is 6.58 Å². The number of ether oxygens (including phenoxy) is 2. The molecule has 1 heterocycles. The van der Waals surface area contributed by atoms with E-state index in [2.05, 4.69) is 29.6 Å². The van der Waals surface area contributed by atoms with E-state index < -0.39 is 11.6 Å². The van der Waals surface area contributed by atoms with Gasteiger partial charge in [-0.2, -0.15) is 0 Å². The number of hydrogen-bond acceptors (Lipinski definition) is 6. The molecule has 0 spiro atoms. The number of aliphatic imine (C=N–C) groups is 1. The van der Waals surface area contributed by atoms with Crippen LogP contribution < -0.4 is 15.6 Å². The fraction of sp³-hybridized carbons (Fsp3) is 0.290. The Morgan fingerprint density at radius 3 is 2.39 bits per heavy atom. The van der Waals surface area contributed by atoms with Gasteiger partial charge >= 0.3 is 0 Å². The number of hydrogen-bond donors (Lipinski definition) is 3. The molecule has 0 saturated carbocycles. The highest BCUT2D eigenvalue weighted by Crippen LogP contribution is 2.42. The first-order valence-corrected chi connectivity index (χ1v) is 13.0. The molecule has 7 heteroatoms. The average molecular weight is 512 g/mol. The van der Waals surface area contributed by atoms with Gasteiger partial charge in [-0.25, -0.2) is 10.4 Å². The standard InChI is InChI=1S/C31H33N3O4/c1-2-17-31(30(36)34-33-26-20-24-11-6-7-12-25(24)21-26)28(22-9-4-3-5-10-22)38-29(32-31)23-13-15-27(16-14-23)37-19-8-18-35/h2-7,9-16,26,28,33,35H,1,8,17-21H2,(H,34,36)/t28-,31-/m0/s1. The topological polar surface area (TPSA) is 92.2 Å². The molecule has 1 aliphatic heterocycles. The average Bonchev–Trinajstić information content (AvgIpc) is 3.55. The maximum absolute atomic E-state index is 13.9. The summed E-state index contributed by atoms with van der Waals surface area (Å²) in [6.45, 7) is 4.45. The maximum Gasteiger partial charge on any atom is 0.266 e. The van der Waals surface area contributed by atoms with Gasteiger partial charge in [-0.1, -0.05) is 60.7 Å². The Morgan fingerprint density at radius 1 is 1.05 bits per heavy atom. The fourth-order valence-corrected chi connectivity index (χ4v) is 5.10. The Bertz CT molecular complexity index is 1270. The molecule has 7 nitrogen and oxygen atoms in total. The molecule has 0 bridgehead atoms. The van der Waals surface area contributed by atoms with Crippen molar-refractivity contribution in [3.63, 3.8) is 0 Å². The third kappa shape index (κ3) is 5.35. The number of nitrogens with one attached hydrogen (secondary N) is 2. The van der Waals surface area contributed by atoms with Crippen LogP contribution in [0.15, 0.2) is 96.5 Å². The molecular formula is C31H33N3O4. The molecule has 2 atom stereocenters. The quantitative estimate of drug-likeness (QED) is 0.205. The zero-order chi connectivity index (χ0) is 26.4. The van der Waals surface area contributed by atoms with Gasteiger partial charge in [0.2, 0.25) is 5.90 Å². The lowest BCUT2D eigenvalue weighted by Gasteiger charge is -2.30. The molecule has 0 fully saturated rings. The molecule has 0 aromatic heterocycles. The van der Waals surface area contributed by atoms with Crippen LogP contribution in [0.2, 0.25) is 0 Å². The summed E-state index contributed by atoms with van der Waals surface area (Å²) >= 11 is 0. The SMILES string of the molecule is C=CC[C@]1(C(=O)NNC2Cc3ccccc3C2)N=C(c2ccc(OCCCO)cc2)O[C@H]1c1ccccc1. The minimum Gasteiger partial charge on any atom is -0.494 e. The predicted octanol–water partition coefficient (Wildman–Crippen LogP) is 4.07. The van der Waals surface area contributed by atoms with E-state index in [0.717, 1.165) is 24.0 Å². The first-order valence-electron chi connectivity index (χ1n) is 13.0. The number of carbonyl (C=O) groups excluding carboxylic acids is 1. The van der Waals surface area contributed by atoms with Crippen LogP contribution in [0.1, 0.15) is 41.2 Å². The second-order valence-corrected chi connectivity index (χ2v) is 9.66. The maximum atomic E-state index is 13.9. The number of aliphatic hydroxyl groups is 1. The molecule has 196 valence electrons. The van der Waals surface area contributed by atoms with E-state index in [-0.39, 0.29) is 18.6 Å². The molecule has 0 saturated heterocycles. The van der Waals surface area contributed by atoms with Crippen molar-refractivity contribution >= 4 is 11.8 Å². The van der Waals surface area contributed by atoms with E-state index in [1.54, 1.807) is 6.08 Å². The summed E-state index contributed by atoms with van der Waals surface area (Å²) in [6.07, 6.45) is 3.66. The van der Waals surface area contributed by atoms with Crippen molar-refractivity contribution in [2.45, 2.75) is 43.4 Å². The van der Waals surface area contributed by atoms with Crippen LogP contribution in [0.25, 0.3) is 0 Å². The summed E-state index contributed by atoms with van der Waals surface area (Å²) in [4.78, 5) is 18.8. The lowest BCUT2D eigenvalue weighted by atomic mass is 9.84. The van der Waals surface area contributed by atoms with Crippen LogP contribution in [0.5, 0.6) is 5.75 Å². The number of nitrogens with zero attached hydrogens (tertiary/aromatic N) is 1. The second kappa shape index (κ2) is 11.6. The van der Waals surface area contributed by atoms with Crippen molar-refractivity contribution in [2.24, 2.45) is 4.99 Å². The van der Waals surface area contributed by atoms with Gasteiger partial charge in [0.05, 0.1) is 6.61 Å². The zero-order valence-corrected chi connectivity index (χ0v) is 21.3. The van der Waals surface area contributed by atoms with Crippen molar-refractivity contribution < 1.29 is 19.4 Å². The summed E-state index contributed by atoms with van der Waals surface area (Å²) in [5.41, 5.74) is 9.21. The number of benzene rings is 3. The minimum absolute atomic E-state index is 0.0829. The summed E-state index contributed by atoms with van der Waals surface area (Å²) < 4.78 is 12.1. The fourth-order valence-electron chi connectivity index (χ4n) is 5.10. The molecule has 0 radical (unpaired) electrons.